The van der Waals surface area contributed by atoms with Gasteiger partial charge in [0.05, 0.1) is 18.5 Å². The number of rotatable bonds is 12. The summed E-state index contributed by atoms with van der Waals surface area (Å²) in [4.78, 5) is 7.83. The minimum Gasteiger partial charge on any atom is -0.497 e. The van der Waals surface area contributed by atoms with Crippen molar-refractivity contribution in [1.82, 2.24) is 14.5 Å². The molecule has 0 amide bonds. The van der Waals surface area contributed by atoms with Crippen molar-refractivity contribution in [3.63, 3.8) is 0 Å². The van der Waals surface area contributed by atoms with Crippen molar-refractivity contribution in [3.05, 3.63) is 120 Å². The molecule has 5 aromatic rings. The zero-order chi connectivity index (χ0) is 29.4. The summed E-state index contributed by atoms with van der Waals surface area (Å²) >= 11 is 0. The Labute approximate surface area is 254 Å². The van der Waals surface area contributed by atoms with Gasteiger partial charge in [-0.3, -0.25) is 4.90 Å². The monoisotopic (exact) mass is 573 g/mol. The van der Waals surface area contributed by atoms with E-state index in [4.69, 9.17) is 19.2 Å². The van der Waals surface area contributed by atoms with E-state index in [-0.39, 0.29) is 0 Å². The van der Waals surface area contributed by atoms with Crippen molar-refractivity contribution in [2.45, 2.75) is 45.9 Å². The van der Waals surface area contributed by atoms with Gasteiger partial charge in [-0.25, -0.2) is 4.98 Å². The molecule has 220 valence electrons. The van der Waals surface area contributed by atoms with Crippen LogP contribution < -0.4 is 14.2 Å². The van der Waals surface area contributed by atoms with Gasteiger partial charge in [0, 0.05) is 37.3 Å². The molecule has 0 saturated carbocycles. The number of aromatic nitrogens is 2. The molecule has 0 spiro atoms. The number of hydrogen-bond donors (Lipinski definition) is 0. The number of methoxy groups -OCH3 is 1. The fourth-order valence-corrected chi connectivity index (χ4v) is 5.65. The summed E-state index contributed by atoms with van der Waals surface area (Å²) < 4.78 is 19.6. The third kappa shape index (κ3) is 6.76. The molecule has 0 N–H and O–H groups in total. The van der Waals surface area contributed by atoms with Gasteiger partial charge in [0.25, 0.3) is 0 Å². The molecule has 6 heteroatoms. The van der Waals surface area contributed by atoms with Crippen LogP contribution in [-0.2, 0) is 26.2 Å². The molecule has 43 heavy (non-hydrogen) atoms. The van der Waals surface area contributed by atoms with Gasteiger partial charge in [0.2, 0.25) is 0 Å². The number of fused-ring (bicyclic) bond motifs is 1. The maximum atomic E-state index is 5.93. The van der Waals surface area contributed by atoms with E-state index in [0.717, 1.165) is 78.9 Å². The molecule has 4 aromatic carbocycles. The maximum absolute atomic E-state index is 5.93. The van der Waals surface area contributed by atoms with E-state index in [2.05, 4.69) is 101 Å². The summed E-state index contributed by atoms with van der Waals surface area (Å²) in [6, 6.07) is 35.8. The van der Waals surface area contributed by atoms with Gasteiger partial charge < -0.3 is 18.8 Å². The van der Waals surface area contributed by atoms with E-state index in [1.54, 1.807) is 7.11 Å². The van der Waals surface area contributed by atoms with Crippen LogP contribution in [0.3, 0.4) is 0 Å². The molecular formula is C37H39N3O3. The largest absolute Gasteiger partial charge is 0.497 e. The highest BCUT2D eigenvalue weighted by Gasteiger charge is 2.23. The van der Waals surface area contributed by atoms with E-state index in [0.29, 0.717) is 13.2 Å². The zero-order valence-corrected chi connectivity index (χ0v) is 25.0. The summed E-state index contributed by atoms with van der Waals surface area (Å²) in [5.74, 6) is 3.51. The third-order valence-electron chi connectivity index (χ3n) is 7.84. The standard InChI is InChI=1S/C37H39N3O3/c1-3-4-21-40-33(36(30-11-7-5-8-12-30)38-37(40)31-13-9-6-10-14-31)27-39(25-28-15-18-32(41-2)19-16-28)26-29-17-20-34-35(24-29)43-23-22-42-34/h5-20,24H,3-4,21-23,25-27H2,1-2H3. The Hall–Kier alpha value is -4.55. The molecule has 1 aliphatic rings. The van der Waals surface area contributed by atoms with Gasteiger partial charge in [-0.1, -0.05) is 92.2 Å². The second kappa shape index (κ2) is 13.6. The summed E-state index contributed by atoms with van der Waals surface area (Å²) in [6.07, 6.45) is 2.19. The van der Waals surface area contributed by atoms with Crippen LogP contribution in [0.15, 0.2) is 103 Å². The van der Waals surface area contributed by atoms with Crippen LogP contribution in [0, 0.1) is 0 Å². The fraction of sp³-hybridized carbons (Fsp3) is 0.270. The van der Waals surface area contributed by atoms with Crippen LogP contribution in [0.2, 0.25) is 0 Å². The molecule has 0 saturated heterocycles. The Balaban J connectivity index is 1.42. The zero-order valence-electron chi connectivity index (χ0n) is 25.0. The van der Waals surface area contributed by atoms with Crippen LogP contribution >= 0.6 is 0 Å². The van der Waals surface area contributed by atoms with Crippen molar-refractivity contribution in [1.29, 1.82) is 0 Å². The highest BCUT2D eigenvalue weighted by molar-refractivity contribution is 5.68. The van der Waals surface area contributed by atoms with Gasteiger partial charge in [0.1, 0.15) is 24.8 Å². The first kappa shape index (κ1) is 28.6. The Kier molecular flexibility index (Phi) is 9.04. The van der Waals surface area contributed by atoms with Crippen molar-refractivity contribution in [2.24, 2.45) is 0 Å². The van der Waals surface area contributed by atoms with Gasteiger partial charge in [-0.05, 0) is 41.8 Å². The molecule has 0 fully saturated rings. The molecule has 0 atom stereocenters. The van der Waals surface area contributed by atoms with Crippen LogP contribution in [0.1, 0.15) is 36.6 Å². The van der Waals surface area contributed by atoms with E-state index in [9.17, 15) is 0 Å². The predicted octanol–water partition coefficient (Wildman–Crippen LogP) is 8.00. The minimum absolute atomic E-state index is 0.575. The van der Waals surface area contributed by atoms with Crippen LogP contribution in [0.25, 0.3) is 22.6 Å². The number of benzene rings is 4. The fourth-order valence-electron chi connectivity index (χ4n) is 5.65. The predicted molar refractivity (Wildman–Crippen MR) is 171 cm³/mol. The normalized spacial score (nSPS) is 12.4. The van der Waals surface area contributed by atoms with Crippen LogP contribution in [0.4, 0.5) is 0 Å². The van der Waals surface area contributed by atoms with Crippen molar-refractivity contribution >= 4 is 0 Å². The van der Waals surface area contributed by atoms with Gasteiger partial charge >= 0.3 is 0 Å². The average molecular weight is 574 g/mol. The molecule has 1 aliphatic heterocycles. The second-order valence-corrected chi connectivity index (χ2v) is 10.9. The lowest BCUT2D eigenvalue weighted by molar-refractivity contribution is 0.170. The summed E-state index contributed by atoms with van der Waals surface area (Å²) in [7, 11) is 1.70. The van der Waals surface area contributed by atoms with Crippen molar-refractivity contribution in [3.8, 4) is 39.9 Å². The molecule has 2 heterocycles. The lowest BCUT2D eigenvalue weighted by Crippen LogP contribution is -2.25. The van der Waals surface area contributed by atoms with Gasteiger partial charge in [-0.2, -0.15) is 0 Å². The molecule has 0 radical (unpaired) electrons. The topological polar surface area (TPSA) is 48.8 Å². The Bertz CT molecular complexity index is 1620. The second-order valence-electron chi connectivity index (χ2n) is 10.9. The third-order valence-corrected chi connectivity index (χ3v) is 7.84. The Morgan fingerprint density at radius 2 is 1.40 bits per heavy atom. The highest BCUT2D eigenvalue weighted by Crippen LogP contribution is 2.34. The smallest absolute Gasteiger partial charge is 0.161 e. The van der Waals surface area contributed by atoms with E-state index in [1.807, 2.05) is 18.2 Å². The number of ether oxygens (including phenoxy) is 3. The molecule has 6 rings (SSSR count). The van der Waals surface area contributed by atoms with E-state index in [1.165, 1.54) is 16.8 Å². The maximum Gasteiger partial charge on any atom is 0.161 e. The average Bonchev–Trinajstić information content (AvgIpc) is 3.42. The molecule has 1 aromatic heterocycles. The number of imidazole rings is 1. The summed E-state index contributed by atoms with van der Waals surface area (Å²) in [5, 5.41) is 0. The van der Waals surface area contributed by atoms with Crippen molar-refractivity contribution < 1.29 is 14.2 Å². The lowest BCUT2D eigenvalue weighted by atomic mass is 10.1. The summed E-state index contributed by atoms with van der Waals surface area (Å²) in [5.41, 5.74) is 6.94. The molecule has 0 bridgehead atoms. The Morgan fingerprint density at radius 1 is 0.744 bits per heavy atom. The lowest BCUT2D eigenvalue weighted by Gasteiger charge is -2.26. The highest BCUT2D eigenvalue weighted by atomic mass is 16.6. The van der Waals surface area contributed by atoms with Gasteiger partial charge in [-0.15, -0.1) is 0 Å². The van der Waals surface area contributed by atoms with Crippen LogP contribution in [-0.4, -0.2) is 34.8 Å². The van der Waals surface area contributed by atoms with E-state index >= 15 is 0 Å². The van der Waals surface area contributed by atoms with Gasteiger partial charge in [0.15, 0.2) is 11.5 Å². The number of unbranched alkanes of at least 4 members (excludes halogenated alkanes) is 1. The Morgan fingerprint density at radius 3 is 2.09 bits per heavy atom. The first-order chi connectivity index (χ1) is 21.2. The number of nitrogens with zero attached hydrogens (tertiary/aromatic N) is 3. The van der Waals surface area contributed by atoms with Crippen molar-refractivity contribution in [2.75, 3.05) is 20.3 Å². The SMILES string of the molecule is CCCCn1c(-c2ccccc2)nc(-c2ccccc2)c1CN(Cc1ccc(OC)cc1)Cc1ccc2c(c1)OCCO2. The molecular weight excluding hydrogens is 534 g/mol. The first-order valence-electron chi connectivity index (χ1n) is 15.2. The number of hydrogen-bond acceptors (Lipinski definition) is 5. The minimum atomic E-state index is 0.575. The molecule has 6 nitrogen and oxygen atoms in total. The molecule has 0 unspecified atom stereocenters. The quantitative estimate of drug-likeness (QED) is 0.151. The van der Waals surface area contributed by atoms with Crippen LogP contribution in [0.5, 0.6) is 17.2 Å². The molecule has 0 aliphatic carbocycles. The van der Waals surface area contributed by atoms with E-state index < -0.39 is 0 Å². The first-order valence-corrected chi connectivity index (χ1v) is 15.2. The summed E-state index contributed by atoms with van der Waals surface area (Å²) in [6.45, 7) is 6.57.